The van der Waals surface area contributed by atoms with Crippen molar-refractivity contribution >= 4 is 11.6 Å². The maximum Gasteiger partial charge on any atom is 0.225 e. The summed E-state index contributed by atoms with van der Waals surface area (Å²) in [5, 5.41) is 15.6. The summed E-state index contributed by atoms with van der Waals surface area (Å²) in [6.45, 7) is 6.75. The summed E-state index contributed by atoms with van der Waals surface area (Å²) >= 11 is 0. The van der Waals surface area contributed by atoms with Crippen LogP contribution in [0, 0.1) is 0 Å². The monoisotopic (exact) mass is 266 g/mol. The Bertz CT molecular complexity index is 439. The molecule has 0 unspecified atom stereocenters. The second-order valence-corrected chi connectivity index (χ2v) is 5.36. The number of anilines is 1. The topological polar surface area (TPSA) is 70.6 Å². The molecule has 0 bridgehead atoms. The number of amides is 1. The highest BCUT2D eigenvalue weighted by molar-refractivity contribution is 5.91. The summed E-state index contributed by atoms with van der Waals surface area (Å²) in [7, 11) is 1.48. The van der Waals surface area contributed by atoms with Crippen LogP contribution in [0.25, 0.3) is 0 Å². The summed E-state index contributed by atoms with van der Waals surface area (Å²) in [6, 6.07) is 4.76. The number of rotatable bonds is 5. The quantitative estimate of drug-likeness (QED) is 0.763. The first kappa shape index (κ1) is 15.3. The lowest BCUT2D eigenvalue weighted by Gasteiger charge is -2.20. The van der Waals surface area contributed by atoms with Crippen LogP contribution in [0.3, 0.4) is 0 Å². The van der Waals surface area contributed by atoms with Gasteiger partial charge in [-0.1, -0.05) is 0 Å². The van der Waals surface area contributed by atoms with E-state index in [9.17, 15) is 9.90 Å². The van der Waals surface area contributed by atoms with E-state index in [2.05, 4.69) is 10.6 Å². The fraction of sp³-hybridized carbons (Fsp3) is 0.500. The highest BCUT2D eigenvalue weighted by Crippen LogP contribution is 2.28. The van der Waals surface area contributed by atoms with Gasteiger partial charge >= 0.3 is 0 Å². The minimum atomic E-state index is -0.0960. The molecule has 0 spiro atoms. The number of aromatic hydroxyl groups is 1. The van der Waals surface area contributed by atoms with Crippen LogP contribution in [-0.4, -0.2) is 30.2 Å². The lowest BCUT2D eigenvalue weighted by molar-refractivity contribution is -0.116. The fourth-order valence-corrected chi connectivity index (χ4v) is 1.54. The molecule has 5 heteroatoms. The van der Waals surface area contributed by atoms with Crippen molar-refractivity contribution in [3.05, 3.63) is 18.2 Å². The van der Waals surface area contributed by atoms with Crippen molar-refractivity contribution in [1.29, 1.82) is 0 Å². The van der Waals surface area contributed by atoms with E-state index in [0.29, 0.717) is 24.4 Å². The Hall–Kier alpha value is -1.75. The molecule has 3 N–H and O–H groups in total. The van der Waals surface area contributed by atoms with Crippen LogP contribution in [-0.2, 0) is 4.79 Å². The number of benzene rings is 1. The Morgan fingerprint density at radius 3 is 2.58 bits per heavy atom. The molecule has 0 aliphatic rings. The number of nitrogens with one attached hydrogen (secondary N) is 2. The van der Waals surface area contributed by atoms with E-state index in [1.165, 1.54) is 13.2 Å². The van der Waals surface area contributed by atoms with Crippen LogP contribution in [0.5, 0.6) is 11.5 Å². The Labute approximate surface area is 114 Å². The molecule has 0 radical (unpaired) electrons. The van der Waals surface area contributed by atoms with E-state index < -0.39 is 0 Å². The van der Waals surface area contributed by atoms with Gasteiger partial charge in [0.25, 0.3) is 0 Å². The third kappa shape index (κ3) is 5.61. The molecule has 0 saturated carbocycles. The van der Waals surface area contributed by atoms with E-state index in [-0.39, 0.29) is 17.2 Å². The van der Waals surface area contributed by atoms with Crippen LogP contribution in [0.2, 0.25) is 0 Å². The van der Waals surface area contributed by atoms with E-state index in [1.807, 2.05) is 20.8 Å². The van der Waals surface area contributed by atoms with Gasteiger partial charge in [-0.25, -0.2) is 0 Å². The molecule has 0 atom stereocenters. The van der Waals surface area contributed by atoms with Gasteiger partial charge in [-0.3, -0.25) is 4.79 Å². The number of phenols is 1. The van der Waals surface area contributed by atoms with Gasteiger partial charge in [-0.15, -0.1) is 0 Å². The largest absolute Gasteiger partial charge is 0.504 e. The zero-order chi connectivity index (χ0) is 14.5. The zero-order valence-electron chi connectivity index (χ0n) is 11.9. The molecule has 106 valence electrons. The number of carbonyl (C=O) groups excluding carboxylic acids is 1. The summed E-state index contributed by atoms with van der Waals surface area (Å²) in [6.07, 6.45) is 0.379. The van der Waals surface area contributed by atoms with Gasteiger partial charge in [0.05, 0.1) is 7.11 Å². The number of ether oxygens (including phenoxy) is 1. The predicted molar refractivity (Wildman–Crippen MR) is 75.7 cm³/mol. The molecule has 1 aromatic rings. The lowest BCUT2D eigenvalue weighted by atomic mass is 10.1. The van der Waals surface area contributed by atoms with Gasteiger partial charge in [-0.05, 0) is 32.9 Å². The molecule has 0 aromatic heterocycles. The Morgan fingerprint density at radius 2 is 2.05 bits per heavy atom. The third-order valence-corrected chi connectivity index (χ3v) is 2.47. The van der Waals surface area contributed by atoms with Gasteiger partial charge in [0.1, 0.15) is 0 Å². The average Bonchev–Trinajstić information content (AvgIpc) is 2.27. The molecular formula is C14H22N2O3. The van der Waals surface area contributed by atoms with Crippen molar-refractivity contribution in [3.63, 3.8) is 0 Å². The van der Waals surface area contributed by atoms with Crippen LogP contribution >= 0.6 is 0 Å². The molecule has 0 saturated heterocycles. The minimum absolute atomic E-state index is 0.00133. The van der Waals surface area contributed by atoms with Crippen LogP contribution in [0.15, 0.2) is 18.2 Å². The molecule has 1 rings (SSSR count). The van der Waals surface area contributed by atoms with Crippen molar-refractivity contribution in [2.45, 2.75) is 32.7 Å². The number of phenolic OH excluding ortho intramolecular Hbond substituents is 1. The lowest BCUT2D eigenvalue weighted by Crippen LogP contribution is -2.37. The Morgan fingerprint density at radius 1 is 1.37 bits per heavy atom. The molecule has 0 fully saturated rings. The van der Waals surface area contributed by atoms with Crippen LogP contribution in [0.4, 0.5) is 5.69 Å². The molecule has 1 aromatic carbocycles. The molecule has 0 aliphatic carbocycles. The van der Waals surface area contributed by atoms with Gasteiger partial charge in [0, 0.05) is 30.3 Å². The summed E-state index contributed by atoms with van der Waals surface area (Å²) in [4.78, 5) is 11.7. The standard InChI is InChI=1S/C14H22N2O3/c1-14(2,3)15-8-7-13(18)16-10-5-6-12(19-4)11(17)9-10/h5-6,9,15,17H,7-8H2,1-4H3,(H,16,18). The normalized spacial score (nSPS) is 11.2. The van der Waals surface area contributed by atoms with Gasteiger partial charge < -0.3 is 20.5 Å². The Balaban J connectivity index is 2.46. The molecule has 1 amide bonds. The predicted octanol–water partition coefficient (Wildman–Crippen LogP) is 2.12. The van der Waals surface area contributed by atoms with E-state index >= 15 is 0 Å². The molecular weight excluding hydrogens is 244 g/mol. The first-order chi connectivity index (χ1) is 8.81. The van der Waals surface area contributed by atoms with Crippen LogP contribution < -0.4 is 15.4 Å². The molecule has 0 aliphatic heterocycles. The SMILES string of the molecule is COc1ccc(NC(=O)CCNC(C)(C)C)cc1O. The number of hydrogen-bond donors (Lipinski definition) is 3. The van der Waals surface area contributed by atoms with E-state index in [4.69, 9.17) is 4.74 Å². The van der Waals surface area contributed by atoms with Crippen molar-refractivity contribution in [2.75, 3.05) is 19.0 Å². The number of methoxy groups -OCH3 is 1. The fourth-order valence-electron chi connectivity index (χ4n) is 1.54. The first-order valence-corrected chi connectivity index (χ1v) is 6.24. The summed E-state index contributed by atoms with van der Waals surface area (Å²) < 4.78 is 4.93. The van der Waals surface area contributed by atoms with Gasteiger partial charge in [0.15, 0.2) is 11.5 Å². The summed E-state index contributed by atoms with van der Waals surface area (Å²) in [5.74, 6) is 0.293. The highest BCUT2D eigenvalue weighted by Gasteiger charge is 2.10. The molecule has 0 heterocycles. The van der Waals surface area contributed by atoms with E-state index in [1.54, 1.807) is 12.1 Å². The highest BCUT2D eigenvalue weighted by atomic mass is 16.5. The number of hydrogen-bond acceptors (Lipinski definition) is 4. The van der Waals surface area contributed by atoms with Crippen molar-refractivity contribution in [1.82, 2.24) is 5.32 Å². The van der Waals surface area contributed by atoms with Crippen LogP contribution in [0.1, 0.15) is 27.2 Å². The third-order valence-electron chi connectivity index (χ3n) is 2.47. The average molecular weight is 266 g/mol. The number of carbonyl (C=O) groups is 1. The minimum Gasteiger partial charge on any atom is -0.504 e. The Kier molecular flexibility index (Phi) is 5.18. The zero-order valence-corrected chi connectivity index (χ0v) is 11.9. The molecule has 5 nitrogen and oxygen atoms in total. The van der Waals surface area contributed by atoms with Gasteiger partial charge in [-0.2, -0.15) is 0 Å². The molecule has 19 heavy (non-hydrogen) atoms. The second kappa shape index (κ2) is 6.43. The smallest absolute Gasteiger partial charge is 0.225 e. The van der Waals surface area contributed by atoms with Gasteiger partial charge in [0.2, 0.25) is 5.91 Å². The van der Waals surface area contributed by atoms with Crippen molar-refractivity contribution in [3.8, 4) is 11.5 Å². The first-order valence-electron chi connectivity index (χ1n) is 6.24. The van der Waals surface area contributed by atoms with E-state index in [0.717, 1.165) is 0 Å². The second-order valence-electron chi connectivity index (χ2n) is 5.36. The summed E-state index contributed by atoms with van der Waals surface area (Å²) in [5.41, 5.74) is 0.553. The maximum atomic E-state index is 11.7. The van der Waals surface area contributed by atoms with Crippen molar-refractivity contribution in [2.24, 2.45) is 0 Å². The van der Waals surface area contributed by atoms with Crippen molar-refractivity contribution < 1.29 is 14.6 Å². The maximum absolute atomic E-state index is 11.7.